The average Bonchev–Trinajstić information content (AvgIpc) is 2.49. The van der Waals surface area contributed by atoms with Crippen LogP contribution in [0.4, 0.5) is 0 Å². The zero-order valence-electron chi connectivity index (χ0n) is 16.1. The summed E-state index contributed by atoms with van der Waals surface area (Å²) in [6, 6.07) is 0. The van der Waals surface area contributed by atoms with Gasteiger partial charge in [-0.15, -0.1) is 0 Å². The monoisotopic (exact) mass is 372 g/mol. The van der Waals surface area contributed by atoms with Crippen molar-refractivity contribution < 1.29 is 47.6 Å². The summed E-state index contributed by atoms with van der Waals surface area (Å²) in [5, 5.41) is 8.94. The summed E-state index contributed by atoms with van der Waals surface area (Å²) in [7, 11) is -4.30. The van der Waals surface area contributed by atoms with E-state index in [-0.39, 0.29) is 36.0 Å². The molecule has 6 heteroatoms. The van der Waals surface area contributed by atoms with Crippen molar-refractivity contribution in [3.63, 3.8) is 0 Å². The van der Waals surface area contributed by atoms with E-state index in [1.54, 1.807) is 0 Å². The molecule has 0 heterocycles. The second kappa shape index (κ2) is 17.3. The summed E-state index contributed by atoms with van der Waals surface area (Å²) in [6.07, 6.45) is 12.7. The maximum Gasteiger partial charge on any atom is 1.00 e. The maximum absolute atomic E-state index is 11.3. The van der Waals surface area contributed by atoms with E-state index in [0.29, 0.717) is 12.8 Å². The molecule has 0 aliphatic rings. The van der Waals surface area contributed by atoms with Crippen molar-refractivity contribution in [1.82, 2.24) is 0 Å². The molecule has 2 unspecified atom stereocenters. The molecule has 0 rings (SSSR count). The Morgan fingerprint density at radius 3 is 1.71 bits per heavy atom. The van der Waals surface area contributed by atoms with E-state index >= 15 is 0 Å². The molecule has 1 N–H and O–H groups in total. The largest absolute Gasteiger partial charge is 1.00 e. The van der Waals surface area contributed by atoms with Crippen molar-refractivity contribution in [2.75, 3.05) is 0 Å². The molecule has 0 aromatic rings. The second-order valence-electron chi connectivity index (χ2n) is 6.76. The standard InChI is InChI=1S/C18H38O4S.Na/c1-3-5-7-8-9-10-11-12-13-15-18(23(20,21)22)16-17(19)14-6-4-2;/h17-19H,3-16H2,1-2H3,(H,20,21,22);/q;+1/p-1. The molecule has 2 atom stereocenters. The molecule has 0 radical (unpaired) electrons. The molecule has 0 saturated heterocycles. The van der Waals surface area contributed by atoms with Crippen molar-refractivity contribution in [3.05, 3.63) is 0 Å². The van der Waals surface area contributed by atoms with Gasteiger partial charge in [0.05, 0.1) is 21.5 Å². The van der Waals surface area contributed by atoms with Gasteiger partial charge in [-0.05, 0) is 19.3 Å². The third kappa shape index (κ3) is 16.3. The van der Waals surface area contributed by atoms with Gasteiger partial charge in [-0.1, -0.05) is 84.5 Å². The van der Waals surface area contributed by atoms with E-state index in [9.17, 15) is 18.1 Å². The first kappa shape index (κ1) is 27.1. The Kier molecular flexibility index (Phi) is 19.5. The van der Waals surface area contributed by atoms with Crippen LogP contribution in [0.1, 0.15) is 104 Å². The first-order valence-corrected chi connectivity index (χ1v) is 11.0. The van der Waals surface area contributed by atoms with Crippen molar-refractivity contribution in [2.24, 2.45) is 0 Å². The number of aliphatic hydroxyl groups excluding tert-OH is 1. The van der Waals surface area contributed by atoms with E-state index < -0.39 is 21.5 Å². The van der Waals surface area contributed by atoms with Gasteiger partial charge in [-0.25, -0.2) is 8.42 Å². The minimum atomic E-state index is -4.30. The van der Waals surface area contributed by atoms with Crippen LogP contribution in [0.3, 0.4) is 0 Å². The van der Waals surface area contributed by atoms with Gasteiger partial charge < -0.3 is 9.66 Å². The normalized spacial score (nSPS) is 14.2. The van der Waals surface area contributed by atoms with Gasteiger partial charge in [0.1, 0.15) is 0 Å². The van der Waals surface area contributed by atoms with Gasteiger partial charge in [0.15, 0.2) is 0 Å². The van der Waals surface area contributed by atoms with Crippen LogP contribution in [0.15, 0.2) is 0 Å². The molecule has 0 aromatic heterocycles. The number of hydrogen-bond donors (Lipinski definition) is 1. The van der Waals surface area contributed by atoms with E-state index in [1.165, 1.54) is 38.5 Å². The van der Waals surface area contributed by atoms with Crippen molar-refractivity contribution in [2.45, 2.75) is 115 Å². The molecule has 4 nitrogen and oxygen atoms in total. The Bertz CT molecular complexity index is 360. The van der Waals surface area contributed by atoms with Crippen LogP contribution >= 0.6 is 0 Å². The molecule has 24 heavy (non-hydrogen) atoms. The first-order valence-electron chi connectivity index (χ1n) is 9.54. The van der Waals surface area contributed by atoms with Gasteiger partial charge in [0.25, 0.3) is 0 Å². The second-order valence-corrected chi connectivity index (χ2v) is 8.42. The van der Waals surface area contributed by atoms with Gasteiger partial charge in [0.2, 0.25) is 0 Å². The Labute approximate surface area is 172 Å². The van der Waals surface area contributed by atoms with Crippen LogP contribution < -0.4 is 29.6 Å². The van der Waals surface area contributed by atoms with Gasteiger partial charge in [-0.2, -0.15) is 0 Å². The smallest absolute Gasteiger partial charge is 0.748 e. The molecular weight excluding hydrogens is 335 g/mol. The van der Waals surface area contributed by atoms with Gasteiger partial charge in [-0.3, -0.25) is 0 Å². The zero-order chi connectivity index (χ0) is 17.6. The average molecular weight is 373 g/mol. The Morgan fingerprint density at radius 1 is 0.792 bits per heavy atom. The fourth-order valence-corrected chi connectivity index (χ4v) is 3.84. The summed E-state index contributed by atoms with van der Waals surface area (Å²) >= 11 is 0. The molecule has 0 spiro atoms. The summed E-state index contributed by atoms with van der Waals surface area (Å²) in [6.45, 7) is 4.23. The first-order chi connectivity index (χ1) is 10.9. The molecule has 140 valence electrons. The van der Waals surface area contributed by atoms with E-state index in [1.807, 2.05) is 6.92 Å². The van der Waals surface area contributed by atoms with Crippen molar-refractivity contribution >= 4 is 10.1 Å². The fraction of sp³-hybridized carbons (Fsp3) is 1.00. The molecule has 0 saturated carbocycles. The number of aliphatic hydroxyl groups is 1. The van der Waals surface area contributed by atoms with Gasteiger partial charge in [0, 0.05) is 0 Å². The van der Waals surface area contributed by atoms with Crippen LogP contribution in [-0.4, -0.2) is 29.4 Å². The van der Waals surface area contributed by atoms with Crippen LogP contribution in [-0.2, 0) is 10.1 Å². The molecule has 0 aromatic carbocycles. The Morgan fingerprint density at radius 2 is 1.25 bits per heavy atom. The van der Waals surface area contributed by atoms with Crippen LogP contribution in [0, 0.1) is 0 Å². The van der Waals surface area contributed by atoms with Crippen LogP contribution in [0.5, 0.6) is 0 Å². The van der Waals surface area contributed by atoms with Crippen LogP contribution in [0.25, 0.3) is 0 Å². The van der Waals surface area contributed by atoms with Crippen molar-refractivity contribution in [1.29, 1.82) is 0 Å². The molecule has 0 fully saturated rings. The minimum absolute atomic E-state index is 0. The number of hydrogen-bond acceptors (Lipinski definition) is 4. The molecule has 0 aliphatic heterocycles. The fourth-order valence-electron chi connectivity index (χ4n) is 2.92. The third-order valence-electron chi connectivity index (χ3n) is 4.46. The molecule has 0 bridgehead atoms. The Hall–Kier alpha value is 0.870. The maximum atomic E-state index is 11.3. The Balaban J connectivity index is 0. The topological polar surface area (TPSA) is 77.4 Å². The summed E-state index contributed by atoms with van der Waals surface area (Å²) in [4.78, 5) is 0. The van der Waals surface area contributed by atoms with E-state index in [2.05, 4.69) is 6.92 Å². The van der Waals surface area contributed by atoms with Crippen LogP contribution in [0.2, 0.25) is 0 Å². The molecule has 0 aliphatic carbocycles. The SMILES string of the molecule is CCCCCCCCCCCC(CC(O)CCCC)S(=O)(=O)[O-].[Na+]. The minimum Gasteiger partial charge on any atom is -0.748 e. The van der Waals surface area contributed by atoms with Crippen molar-refractivity contribution in [3.8, 4) is 0 Å². The molecular formula is C18H37NaO4S. The zero-order valence-corrected chi connectivity index (χ0v) is 19.0. The molecule has 0 amide bonds. The predicted octanol–water partition coefficient (Wildman–Crippen LogP) is 1.77. The quantitative estimate of drug-likeness (QED) is 0.254. The number of unbranched alkanes of at least 4 members (excludes halogenated alkanes) is 9. The summed E-state index contributed by atoms with van der Waals surface area (Å²) in [5.74, 6) is 0. The summed E-state index contributed by atoms with van der Waals surface area (Å²) in [5.41, 5.74) is 0. The van der Waals surface area contributed by atoms with E-state index in [0.717, 1.165) is 32.1 Å². The summed E-state index contributed by atoms with van der Waals surface area (Å²) < 4.78 is 34.0. The number of rotatable bonds is 16. The van der Waals surface area contributed by atoms with E-state index in [4.69, 9.17) is 0 Å². The predicted molar refractivity (Wildman–Crippen MR) is 95.5 cm³/mol. The third-order valence-corrected chi connectivity index (χ3v) is 5.71. The van der Waals surface area contributed by atoms with Gasteiger partial charge >= 0.3 is 29.6 Å².